The van der Waals surface area contributed by atoms with Crippen LogP contribution in [0.3, 0.4) is 0 Å². The highest BCUT2D eigenvalue weighted by Gasteiger charge is 2.35. The van der Waals surface area contributed by atoms with Crippen molar-refractivity contribution in [3.63, 3.8) is 0 Å². The van der Waals surface area contributed by atoms with Gasteiger partial charge in [-0.1, -0.05) is 11.6 Å². The van der Waals surface area contributed by atoms with Gasteiger partial charge in [-0.25, -0.2) is 0 Å². The molecule has 5 heteroatoms. The van der Waals surface area contributed by atoms with Gasteiger partial charge in [0, 0.05) is 0 Å². The normalized spacial score (nSPS) is 21.1. The fourth-order valence-corrected chi connectivity index (χ4v) is 2.06. The molecule has 4 nitrogen and oxygen atoms in total. The maximum Gasteiger partial charge on any atom is 0.113 e. The molecule has 1 saturated heterocycles. The van der Waals surface area contributed by atoms with Crippen LogP contribution in [0.15, 0.2) is 0 Å². The molecule has 0 radical (unpaired) electrons. The van der Waals surface area contributed by atoms with Crippen LogP contribution in [0.25, 0.3) is 0 Å². The Kier molecular flexibility index (Phi) is 2.51. The molecule has 0 atom stereocenters. The minimum absolute atomic E-state index is 0.564. The summed E-state index contributed by atoms with van der Waals surface area (Å²) < 4.78 is 0. The first-order chi connectivity index (χ1) is 6.63. The third-order valence-corrected chi connectivity index (χ3v) is 3.21. The van der Waals surface area contributed by atoms with Crippen LogP contribution < -0.4 is 5.32 Å². The molecule has 2 rings (SSSR count). The highest BCUT2D eigenvalue weighted by molar-refractivity contribution is 6.31. The Morgan fingerprint density at radius 2 is 2.07 bits per heavy atom. The lowest BCUT2D eigenvalue weighted by Crippen LogP contribution is -2.40. The van der Waals surface area contributed by atoms with E-state index in [4.69, 9.17) is 11.6 Å². The second kappa shape index (κ2) is 3.53. The van der Waals surface area contributed by atoms with Crippen molar-refractivity contribution in [2.45, 2.75) is 25.4 Å². The first kappa shape index (κ1) is 9.96. The van der Waals surface area contributed by atoms with Gasteiger partial charge < -0.3 is 10.4 Å². The molecule has 0 aliphatic carbocycles. The lowest BCUT2D eigenvalue weighted by Gasteiger charge is -2.31. The van der Waals surface area contributed by atoms with E-state index in [0.717, 1.165) is 18.8 Å². The second-order valence-corrected chi connectivity index (χ2v) is 4.17. The first-order valence-electron chi connectivity index (χ1n) is 4.77. The summed E-state index contributed by atoms with van der Waals surface area (Å²) in [6.07, 6.45) is 1.33. The number of nitrogens with one attached hydrogen (secondary N) is 2. The molecule has 0 amide bonds. The minimum Gasteiger partial charge on any atom is -0.383 e. The van der Waals surface area contributed by atoms with Crippen LogP contribution in [0.5, 0.6) is 0 Å². The van der Waals surface area contributed by atoms with Crippen LogP contribution >= 0.6 is 11.6 Å². The van der Waals surface area contributed by atoms with E-state index in [0.29, 0.717) is 23.6 Å². The van der Waals surface area contributed by atoms with Crippen molar-refractivity contribution in [1.82, 2.24) is 15.5 Å². The van der Waals surface area contributed by atoms with E-state index in [-0.39, 0.29) is 0 Å². The Bertz CT molecular complexity index is 331. The first-order valence-corrected chi connectivity index (χ1v) is 5.15. The smallest absolute Gasteiger partial charge is 0.113 e. The summed E-state index contributed by atoms with van der Waals surface area (Å²) in [6.45, 7) is 3.46. The number of aromatic amines is 1. The maximum atomic E-state index is 10.3. The highest BCUT2D eigenvalue weighted by Crippen LogP contribution is 2.34. The molecular formula is C9H14ClN3O. The van der Waals surface area contributed by atoms with Crippen LogP contribution in [-0.4, -0.2) is 28.4 Å². The van der Waals surface area contributed by atoms with E-state index in [2.05, 4.69) is 15.5 Å². The molecule has 14 heavy (non-hydrogen) atoms. The quantitative estimate of drug-likeness (QED) is 0.654. The Morgan fingerprint density at radius 3 is 2.57 bits per heavy atom. The molecule has 1 aromatic rings. The van der Waals surface area contributed by atoms with Gasteiger partial charge >= 0.3 is 0 Å². The van der Waals surface area contributed by atoms with E-state index in [9.17, 15) is 5.11 Å². The fourth-order valence-electron chi connectivity index (χ4n) is 1.80. The molecular weight excluding hydrogens is 202 g/mol. The number of nitrogens with zero attached hydrogens (tertiary/aromatic N) is 1. The lowest BCUT2D eigenvalue weighted by atomic mass is 9.89. The van der Waals surface area contributed by atoms with Gasteiger partial charge in [-0.15, -0.1) is 0 Å². The fraction of sp³-hybridized carbons (Fsp3) is 0.667. The summed E-state index contributed by atoms with van der Waals surface area (Å²) in [7, 11) is 0. The van der Waals surface area contributed by atoms with E-state index in [1.165, 1.54) is 0 Å². The van der Waals surface area contributed by atoms with Crippen LogP contribution in [-0.2, 0) is 5.60 Å². The second-order valence-electron chi connectivity index (χ2n) is 3.79. The molecule has 78 valence electrons. The monoisotopic (exact) mass is 215 g/mol. The van der Waals surface area contributed by atoms with Gasteiger partial charge in [0.2, 0.25) is 0 Å². The molecule has 1 aliphatic rings. The van der Waals surface area contributed by atoms with Crippen LogP contribution in [0.4, 0.5) is 0 Å². The van der Waals surface area contributed by atoms with Gasteiger partial charge in [0.1, 0.15) is 11.3 Å². The topological polar surface area (TPSA) is 60.9 Å². The van der Waals surface area contributed by atoms with Crippen molar-refractivity contribution in [1.29, 1.82) is 0 Å². The maximum absolute atomic E-state index is 10.3. The number of aryl methyl sites for hydroxylation is 1. The average Bonchev–Trinajstić information content (AvgIpc) is 2.49. The zero-order valence-corrected chi connectivity index (χ0v) is 8.86. The molecule has 1 fully saturated rings. The summed E-state index contributed by atoms with van der Waals surface area (Å²) >= 11 is 6.06. The molecule has 0 unspecified atom stereocenters. The third-order valence-electron chi connectivity index (χ3n) is 2.74. The van der Waals surface area contributed by atoms with Gasteiger partial charge in [-0.05, 0) is 32.9 Å². The molecule has 0 spiro atoms. The largest absolute Gasteiger partial charge is 0.383 e. The molecule has 0 saturated carbocycles. The Balaban J connectivity index is 2.32. The third kappa shape index (κ3) is 1.54. The predicted octanol–water partition coefficient (Wildman–Crippen LogP) is 0.943. The lowest BCUT2D eigenvalue weighted by molar-refractivity contribution is 0.00193. The van der Waals surface area contributed by atoms with Crippen molar-refractivity contribution in [2.75, 3.05) is 13.1 Å². The number of hydrogen-bond donors (Lipinski definition) is 3. The van der Waals surface area contributed by atoms with E-state index < -0.39 is 5.60 Å². The number of rotatable bonds is 1. The number of aliphatic hydroxyl groups is 1. The molecule has 0 bridgehead atoms. The number of aromatic nitrogens is 2. The summed E-state index contributed by atoms with van der Waals surface area (Å²) in [4.78, 5) is 0. The van der Waals surface area contributed by atoms with E-state index in [1.807, 2.05) is 6.92 Å². The van der Waals surface area contributed by atoms with Gasteiger partial charge in [-0.3, -0.25) is 5.10 Å². The predicted molar refractivity (Wildman–Crippen MR) is 54.3 cm³/mol. The summed E-state index contributed by atoms with van der Waals surface area (Å²) in [5.41, 5.74) is 0.555. The van der Waals surface area contributed by atoms with Crippen LogP contribution in [0.2, 0.25) is 5.02 Å². The van der Waals surface area contributed by atoms with Gasteiger partial charge in [0.15, 0.2) is 0 Å². The number of piperidine rings is 1. The van der Waals surface area contributed by atoms with E-state index >= 15 is 0 Å². The van der Waals surface area contributed by atoms with Crippen molar-refractivity contribution in [2.24, 2.45) is 0 Å². The molecule has 3 N–H and O–H groups in total. The van der Waals surface area contributed by atoms with Gasteiger partial charge in [0.25, 0.3) is 0 Å². The van der Waals surface area contributed by atoms with Gasteiger partial charge in [0.05, 0.1) is 10.7 Å². The molecule has 1 aliphatic heterocycles. The van der Waals surface area contributed by atoms with Crippen LogP contribution in [0.1, 0.15) is 24.2 Å². The van der Waals surface area contributed by atoms with E-state index in [1.54, 1.807) is 0 Å². The SMILES string of the molecule is Cc1[nH]nc(C2(O)CCNCC2)c1Cl. The number of halogens is 1. The Labute approximate surface area is 87.7 Å². The summed E-state index contributed by atoms with van der Waals surface area (Å²) in [5, 5.41) is 21.0. The molecule has 0 aromatic carbocycles. The summed E-state index contributed by atoms with van der Waals surface area (Å²) in [6, 6.07) is 0. The summed E-state index contributed by atoms with van der Waals surface area (Å²) in [5.74, 6) is 0. The zero-order chi connectivity index (χ0) is 10.2. The molecule has 1 aromatic heterocycles. The van der Waals surface area contributed by atoms with Crippen LogP contribution in [0, 0.1) is 6.92 Å². The van der Waals surface area contributed by atoms with Crippen molar-refractivity contribution < 1.29 is 5.11 Å². The Hall–Kier alpha value is -0.580. The average molecular weight is 216 g/mol. The highest BCUT2D eigenvalue weighted by atomic mass is 35.5. The molecule has 2 heterocycles. The Morgan fingerprint density at radius 1 is 1.43 bits per heavy atom. The standard InChI is InChI=1S/C9H14ClN3O/c1-6-7(10)8(13-12-6)9(14)2-4-11-5-3-9/h11,14H,2-5H2,1H3,(H,12,13). The van der Waals surface area contributed by atoms with Crippen molar-refractivity contribution in [3.8, 4) is 0 Å². The van der Waals surface area contributed by atoms with Gasteiger partial charge in [-0.2, -0.15) is 5.10 Å². The minimum atomic E-state index is -0.854. The zero-order valence-electron chi connectivity index (χ0n) is 8.10. The number of hydrogen-bond acceptors (Lipinski definition) is 3. The number of H-pyrrole nitrogens is 1. The van der Waals surface area contributed by atoms with Crippen molar-refractivity contribution >= 4 is 11.6 Å². The van der Waals surface area contributed by atoms with Crippen molar-refractivity contribution in [3.05, 3.63) is 16.4 Å².